The third kappa shape index (κ3) is 3.69. The van der Waals surface area contributed by atoms with Gasteiger partial charge >= 0.3 is 5.97 Å². The van der Waals surface area contributed by atoms with Crippen LogP contribution in [0, 0.1) is 5.82 Å². The second-order valence-electron chi connectivity index (χ2n) is 5.94. The van der Waals surface area contributed by atoms with Gasteiger partial charge in [-0.05, 0) is 30.7 Å². The number of fused-ring (bicyclic) bond motifs is 1. The van der Waals surface area contributed by atoms with Gasteiger partial charge in [-0.3, -0.25) is 9.48 Å². The quantitative estimate of drug-likeness (QED) is 0.470. The molecule has 0 unspecified atom stereocenters. The monoisotopic (exact) mass is 356 g/mol. The van der Waals surface area contributed by atoms with E-state index in [4.69, 9.17) is 9.47 Å². The van der Waals surface area contributed by atoms with E-state index < -0.39 is 5.97 Å². The maximum Gasteiger partial charge on any atom is 0.327 e. The van der Waals surface area contributed by atoms with E-state index >= 15 is 0 Å². The number of methoxy groups -OCH3 is 1. The molecule has 136 valence electrons. The molecule has 0 saturated carbocycles. The van der Waals surface area contributed by atoms with Crippen molar-refractivity contribution < 1.29 is 18.7 Å². The van der Waals surface area contributed by atoms with Gasteiger partial charge in [-0.15, -0.1) is 0 Å². The highest BCUT2D eigenvalue weighted by Gasteiger charge is 2.17. The number of hydrogen-bond acceptors (Lipinski definition) is 4. The minimum absolute atomic E-state index is 0.0364. The molecule has 0 amide bonds. The third-order valence-corrected chi connectivity index (χ3v) is 4.12. The first-order chi connectivity index (χ1) is 12.6. The summed E-state index contributed by atoms with van der Waals surface area (Å²) in [5.74, 6) is -0.204. The van der Waals surface area contributed by atoms with Crippen LogP contribution in [0.5, 0.6) is 5.75 Å². The summed E-state index contributed by atoms with van der Waals surface area (Å²) in [4.78, 5) is 11.7. The summed E-state index contributed by atoms with van der Waals surface area (Å²) in [6.07, 6.45) is 1.96. The van der Waals surface area contributed by atoms with Gasteiger partial charge in [0.05, 0.1) is 19.2 Å². The number of nitrogens with zero attached hydrogens (tertiary/aromatic N) is 2. The lowest BCUT2D eigenvalue weighted by Crippen LogP contribution is -2.12. The van der Waals surface area contributed by atoms with Gasteiger partial charge in [-0.2, -0.15) is 5.10 Å². The molecule has 0 bridgehead atoms. The molecule has 0 aliphatic carbocycles. The Balaban J connectivity index is 2.04. The zero-order chi connectivity index (χ0) is 18.5. The molecule has 0 spiro atoms. The minimum Gasteiger partial charge on any atom is -0.494 e. The number of hydrogen-bond donors (Lipinski definition) is 0. The molecule has 2 aromatic carbocycles. The molecule has 0 aliphatic rings. The predicted octanol–water partition coefficient (Wildman–Crippen LogP) is 4.19. The number of benzene rings is 2. The first-order valence-corrected chi connectivity index (χ1v) is 8.59. The standard InChI is InChI=1S/C20H21FN2O3/c1-3-4-11-26-14-9-10-17(21)16(12-14)20-15-7-5-6-8-18(15)23(22-20)13-19(24)25-2/h5-10,12H,3-4,11,13H2,1-2H3. The fraction of sp³-hybridized carbons (Fsp3) is 0.300. The lowest BCUT2D eigenvalue weighted by atomic mass is 10.1. The number of carbonyl (C=O) groups is 1. The van der Waals surface area contributed by atoms with Crippen molar-refractivity contribution in [3.05, 3.63) is 48.3 Å². The van der Waals surface area contributed by atoms with Gasteiger partial charge in [0, 0.05) is 10.9 Å². The Morgan fingerprint density at radius 1 is 1.23 bits per heavy atom. The van der Waals surface area contributed by atoms with Crippen LogP contribution in [0.1, 0.15) is 19.8 Å². The average molecular weight is 356 g/mol. The van der Waals surface area contributed by atoms with Crippen LogP contribution in [0.25, 0.3) is 22.2 Å². The average Bonchev–Trinajstić information content (AvgIpc) is 3.01. The number of esters is 1. The molecule has 3 aromatic rings. The second kappa shape index (κ2) is 7.99. The fourth-order valence-corrected chi connectivity index (χ4v) is 2.74. The van der Waals surface area contributed by atoms with E-state index in [1.54, 1.807) is 12.1 Å². The molecule has 0 fully saturated rings. The third-order valence-electron chi connectivity index (χ3n) is 4.12. The maximum atomic E-state index is 14.5. The molecule has 0 N–H and O–H groups in total. The molecule has 3 rings (SSSR count). The van der Waals surface area contributed by atoms with E-state index in [1.807, 2.05) is 24.3 Å². The number of para-hydroxylation sites is 1. The van der Waals surface area contributed by atoms with Gasteiger partial charge in [0.2, 0.25) is 0 Å². The van der Waals surface area contributed by atoms with E-state index in [1.165, 1.54) is 17.9 Å². The van der Waals surface area contributed by atoms with Crippen LogP contribution < -0.4 is 4.74 Å². The Kier molecular flexibility index (Phi) is 5.51. The van der Waals surface area contributed by atoms with Gasteiger partial charge in [-0.1, -0.05) is 31.5 Å². The summed E-state index contributed by atoms with van der Waals surface area (Å²) in [5.41, 5.74) is 1.56. The summed E-state index contributed by atoms with van der Waals surface area (Å²) < 4.78 is 26.5. The van der Waals surface area contributed by atoms with Crippen LogP contribution in [0.2, 0.25) is 0 Å². The summed E-state index contributed by atoms with van der Waals surface area (Å²) in [6.45, 7) is 2.63. The van der Waals surface area contributed by atoms with Crippen LogP contribution in [-0.4, -0.2) is 29.5 Å². The summed E-state index contributed by atoms with van der Waals surface area (Å²) in [5, 5.41) is 5.23. The highest BCUT2D eigenvalue weighted by atomic mass is 19.1. The van der Waals surface area contributed by atoms with Crippen molar-refractivity contribution in [2.45, 2.75) is 26.3 Å². The normalized spacial score (nSPS) is 10.9. The molecule has 0 saturated heterocycles. The number of aromatic nitrogens is 2. The van der Waals surface area contributed by atoms with Crippen molar-refractivity contribution in [1.29, 1.82) is 0 Å². The van der Waals surface area contributed by atoms with Gasteiger partial charge in [0.1, 0.15) is 23.8 Å². The zero-order valence-corrected chi connectivity index (χ0v) is 14.9. The molecule has 26 heavy (non-hydrogen) atoms. The van der Waals surface area contributed by atoms with Gasteiger partial charge in [0.15, 0.2) is 0 Å². The van der Waals surface area contributed by atoms with Gasteiger partial charge < -0.3 is 9.47 Å². The van der Waals surface area contributed by atoms with E-state index in [9.17, 15) is 9.18 Å². The summed E-state index contributed by atoms with van der Waals surface area (Å²) in [7, 11) is 1.33. The van der Waals surface area contributed by atoms with Crippen LogP contribution in [-0.2, 0) is 16.1 Å². The smallest absolute Gasteiger partial charge is 0.327 e. The lowest BCUT2D eigenvalue weighted by Gasteiger charge is -2.08. The minimum atomic E-state index is -0.415. The molecule has 1 heterocycles. The molecular weight excluding hydrogens is 335 g/mol. The molecule has 0 aliphatic heterocycles. The van der Waals surface area contributed by atoms with Crippen molar-refractivity contribution in [1.82, 2.24) is 9.78 Å². The zero-order valence-electron chi connectivity index (χ0n) is 14.9. The van der Waals surface area contributed by atoms with E-state index in [2.05, 4.69) is 12.0 Å². The topological polar surface area (TPSA) is 53.4 Å². The van der Waals surface area contributed by atoms with E-state index in [0.717, 1.165) is 23.7 Å². The van der Waals surface area contributed by atoms with E-state index in [0.29, 0.717) is 23.6 Å². The number of unbranched alkanes of at least 4 members (excludes halogenated alkanes) is 1. The van der Waals surface area contributed by atoms with E-state index in [-0.39, 0.29) is 12.4 Å². The van der Waals surface area contributed by atoms with Gasteiger partial charge in [0.25, 0.3) is 0 Å². The van der Waals surface area contributed by atoms with Crippen LogP contribution >= 0.6 is 0 Å². The van der Waals surface area contributed by atoms with Crippen molar-refractivity contribution in [3.63, 3.8) is 0 Å². The number of ether oxygens (including phenoxy) is 2. The predicted molar refractivity (Wildman–Crippen MR) is 97.5 cm³/mol. The second-order valence-corrected chi connectivity index (χ2v) is 5.94. The Hall–Kier alpha value is -2.89. The largest absolute Gasteiger partial charge is 0.494 e. The fourth-order valence-electron chi connectivity index (χ4n) is 2.74. The van der Waals surface area contributed by atoms with Crippen molar-refractivity contribution in [2.24, 2.45) is 0 Å². The van der Waals surface area contributed by atoms with Gasteiger partial charge in [-0.25, -0.2) is 4.39 Å². The SMILES string of the molecule is CCCCOc1ccc(F)c(-c2nn(CC(=O)OC)c3ccccc23)c1. The molecule has 5 nitrogen and oxygen atoms in total. The highest BCUT2D eigenvalue weighted by Crippen LogP contribution is 2.32. The maximum absolute atomic E-state index is 14.5. The van der Waals surface area contributed by atoms with Crippen LogP contribution in [0.4, 0.5) is 4.39 Å². The Bertz CT molecular complexity index is 921. The lowest BCUT2D eigenvalue weighted by molar-refractivity contribution is -0.141. The Labute approximate surface area is 151 Å². The Morgan fingerprint density at radius 3 is 2.81 bits per heavy atom. The summed E-state index contributed by atoms with van der Waals surface area (Å²) in [6, 6.07) is 12.1. The first kappa shape index (κ1) is 17.9. The van der Waals surface area contributed by atoms with Crippen LogP contribution in [0.3, 0.4) is 0 Å². The van der Waals surface area contributed by atoms with Crippen molar-refractivity contribution in [2.75, 3.05) is 13.7 Å². The molecular formula is C20H21FN2O3. The molecule has 0 radical (unpaired) electrons. The molecule has 6 heteroatoms. The Morgan fingerprint density at radius 2 is 2.04 bits per heavy atom. The molecule has 0 atom stereocenters. The highest BCUT2D eigenvalue weighted by molar-refractivity contribution is 5.94. The number of carbonyl (C=O) groups excluding carboxylic acids is 1. The first-order valence-electron chi connectivity index (χ1n) is 8.59. The number of rotatable bonds is 7. The molecule has 1 aromatic heterocycles. The van der Waals surface area contributed by atoms with Crippen molar-refractivity contribution in [3.8, 4) is 17.0 Å². The number of halogens is 1. The van der Waals surface area contributed by atoms with Crippen LogP contribution in [0.15, 0.2) is 42.5 Å². The van der Waals surface area contributed by atoms with Crippen molar-refractivity contribution >= 4 is 16.9 Å². The summed E-state index contributed by atoms with van der Waals surface area (Å²) >= 11 is 0.